The first-order valence-corrected chi connectivity index (χ1v) is 6.37. The molecule has 1 aliphatic heterocycles. The maximum absolute atomic E-state index is 9.50. The number of hydrogen-bond acceptors (Lipinski definition) is 3. The lowest BCUT2D eigenvalue weighted by Crippen LogP contribution is -2.34. The van der Waals surface area contributed by atoms with Crippen LogP contribution in [0.5, 0.6) is 5.75 Å². The Balaban J connectivity index is 1.82. The Bertz CT molecular complexity index is 413. The highest BCUT2D eigenvalue weighted by Crippen LogP contribution is 2.38. The Morgan fingerprint density at radius 3 is 3.00 bits per heavy atom. The minimum absolute atomic E-state index is 0.385. The highest BCUT2D eigenvalue weighted by Gasteiger charge is 2.31. The highest BCUT2D eigenvalue weighted by molar-refractivity contribution is 5.40. The van der Waals surface area contributed by atoms with Gasteiger partial charge in [0.2, 0.25) is 0 Å². The molecule has 0 aromatic heterocycles. The molecule has 0 amide bonds. The zero-order valence-electron chi connectivity index (χ0n) is 10.2. The van der Waals surface area contributed by atoms with E-state index in [2.05, 4.69) is 18.0 Å². The topological polar surface area (TPSA) is 32.7 Å². The lowest BCUT2D eigenvalue weighted by molar-refractivity contribution is 0.132. The number of benzene rings is 1. The summed E-state index contributed by atoms with van der Waals surface area (Å²) in [7, 11) is 2.20. The zero-order chi connectivity index (χ0) is 11.8. The van der Waals surface area contributed by atoms with Gasteiger partial charge in [0, 0.05) is 18.7 Å². The number of aromatic hydroxyl groups is 1. The van der Waals surface area contributed by atoms with Crippen LogP contribution in [0, 0.1) is 0 Å². The van der Waals surface area contributed by atoms with Crippen LogP contribution in [0.2, 0.25) is 0 Å². The van der Waals surface area contributed by atoms with Gasteiger partial charge in [0.15, 0.2) is 0 Å². The fourth-order valence-corrected chi connectivity index (χ4v) is 3.10. The zero-order valence-corrected chi connectivity index (χ0v) is 10.2. The van der Waals surface area contributed by atoms with E-state index < -0.39 is 0 Å². The van der Waals surface area contributed by atoms with Crippen LogP contribution in [0.3, 0.4) is 0 Å². The molecular formula is C14H19NO2. The molecule has 92 valence electrons. The maximum Gasteiger partial charge on any atom is 0.115 e. The van der Waals surface area contributed by atoms with Gasteiger partial charge >= 0.3 is 0 Å². The van der Waals surface area contributed by atoms with Gasteiger partial charge in [0.1, 0.15) is 5.75 Å². The van der Waals surface area contributed by atoms with Gasteiger partial charge in [-0.15, -0.1) is 0 Å². The number of ether oxygens (including phenoxy) is 1. The SMILES string of the molecule is CN(C1CCOC1)C1CCc2cc(O)ccc21. The number of aryl methyl sites for hydroxylation is 1. The lowest BCUT2D eigenvalue weighted by Gasteiger charge is -2.30. The third-order valence-corrected chi connectivity index (χ3v) is 4.15. The second-order valence-electron chi connectivity index (χ2n) is 5.12. The van der Waals surface area contributed by atoms with Crippen LogP contribution in [0.1, 0.15) is 30.0 Å². The summed E-state index contributed by atoms with van der Waals surface area (Å²) in [6, 6.07) is 6.84. The summed E-state index contributed by atoms with van der Waals surface area (Å²) >= 11 is 0. The predicted molar refractivity (Wildman–Crippen MR) is 66.2 cm³/mol. The Morgan fingerprint density at radius 2 is 2.24 bits per heavy atom. The molecule has 0 saturated carbocycles. The molecule has 3 nitrogen and oxygen atoms in total. The third-order valence-electron chi connectivity index (χ3n) is 4.15. The van der Waals surface area contributed by atoms with Gasteiger partial charge in [-0.25, -0.2) is 0 Å². The first-order valence-electron chi connectivity index (χ1n) is 6.37. The minimum Gasteiger partial charge on any atom is -0.508 e. The van der Waals surface area contributed by atoms with Gasteiger partial charge in [-0.1, -0.05) is 6.07 Å². The van der Waals surface area contributed by atoms with E-state index in [1.54, 1.807) is 6.07 Å². The van der Waals surface area contributed by atoms with Gasteiger partial charge in [-0.2, -0.15) is 0 Å². The number of hydrogen-bond donors (Lipinski definition) is 1. The number of fused-ring (bicyclic) bond motifs is 1. The van der Waals surface area contributed by atoms with Crippen LogP contribution in [-0.4, -0.2) is 36.3 Å². The van der Waals surface area contributed by atoms with Crippen molar-refractivity contribution in [1.82, 2.24) is 4.90 Å². The van der Waals surface area contributed by atoms with Gasteiger partial charge in [-0.05, 0) is 49.6 Å². The molecule has 0 bridgehead atoms. The molecule has 1 N–H and O–H groups in total. The fraction of sp³-hybridized carbons (Fsp3) is 0.571. The standard InChI is InChI=1S/C14H19NO2/c1-15(11-6-7-17-9-11)14-5-2-10-8-12(16)3-4-13(10)14/h3-4,8,11,14,16H,2,5-7,9H2,1H3. The molecule has 2 atom stereocenters. The normalized spacial score (nSPS) is 27.6. The molecule has 1 heterocycles. The Hall–Kier alpha value is -1.06. The first-order chi connectivity index (χ1) is 8.25. The van der Waals surface area contributed by atoms with Crippen molar-refractivity contribution in [2.75, 3.05) is 20.3 Å². The molecule has 3 rings (SSSR count). The number of phenols is 1. The Morgan fingerprint density at radius 1 is 1.35 bits per heavy atom. The predicted octanol–water partition coefficient (Wildman–Crippen LogP) is 2.10. The van der Waals surface area contributed by atoms with Crippen LogP contribution < -0.4 is 0 Å². The molecule has 2 unspecified atom stereocenters. The summed E-state index contributed by atoms with van der Waals surface area (Å²) in [5, 5.41) is 9.50. The van der Waals surface area contributed by atoms with E-state index in [1.807, 2.05) is 6.07 Å². The molecule has 3 heteroatoms. The van der Waals surface area contributed by atoms with Crippen molar-refractivity contribution in [2.45, 2.75) is 31.3 Å². The number of likely N-dealkylation sites (N-methyl/N-ethyl adjacent to an activating group) is 1. The summed E-state index contributed by atoms with van der Waals surface area (Å²) in [5.41, 5.74) is 2.69. The summed E-state index contributed by atoms with van der Waals surface area (Å²) in [4.78, 5) is 2.45. The van der Waals surface area contributed by atoms with Crippen molar-refractivity contribution < 1.29 is 9.84 Å². The average molecular weight is 233 g/mol. The van der Waals surface area contributed by atoms with Crippen LogP contribution >= 0.6 is 0 Å². The number of rotatable bonds is 2. The third kappa shape index (κ3) is 1.94. The first kappa shape index (κ1) is 11.1. The van der Waals surface area contributed by atoms with Crippen LogP contribution in [0.15, 0.2) is 18.2 Å². The molecule has 17 heavy (non-hydrogen) atoms. The van der Waals surface area contributed by atoms with E-state index in [0.29, 0.717) is 17.8 Å². The fourth-order valence-electron chi connectivity index (χ4n) is 3.10. The molecule has 0 spiro atoms. The van der Waals surface area contributed by atoms with E-state index in [9.17, 15) is 5.11 Å². The van der Waals surface area contributed by atoms with Gasteiger partial charge in [0.05, 0.1) is 6.61 Å². The van der Waals surface area contributed by atoms with E-state index in [-0.39, 0.29) is 0 Å². The largest absolute Gasteiger partial charge is 0.508 e. The van der Waals surface area contributed by atoms with Gasteiger partial charge in [0.25, 0.3) is 0 Å². The second-order valence-corrected chi connectivity index (χ2v) is 5.12. The number of phenolic OH excluding ortho intramolecular Hbond substituents is 1. The van der Waals surface area contributed by atoms with Crippen molar-refractivity contribution in [3.8, 4) is 5.75 Å². The number of nitrogens with zero attached hydrogens (tertiary/aromatic N) is 1. The van der Waals surface area contributed by atoms with E-state index in [4.69, 9.17) is 4.74 Å². The summed E-state index contributed by atoms with van der Waals surface area (Å²) in [6.45, 7) is 1.75. The van der Waals surface area contributed by atoms with Crippen LogP contribution in [-0.2, 0) is 11.2 Å². The van der Waals surface area contributed by atoms with Crippen molar-refractivity contribution >= 4 is 0 Å². The molecule has 1 aromatic carbocycles. The molecule has 1 fully saturated rings. The summed E-state index contributed by atoms with van der Waals surface area (Å²) in [6.07, 6.45) is 3.37. The molecule has 1 aromatic rings. The maximum atomic E-state index is 9.50. The lowest BCUT2D eigenvalue weighted by atomic mass is 10.0. The van der Waals surface area contributed by atoms with Crippen LogP contribution in [0.4, 0.5) is 0 Å². The van der Waals surface area contributed by atoms with Crippen molar-refractivity contribution in [3.05, 3.63) is 29.3 Å². The smallest absolute Gasteiger partial charge is 0.115 e. The molecular weight excluding hydrogens is 214 g/mol. The van der Waals surface area contributed by atoms with E-state index in [0.717, 1.165) is 32.5 Å². The Kier molecular flexibility index (Phi) is 2.81. The summed E-state index contributed by atoms with van der Waals surface area (Å²) in [5.74, 6) is 0.385. The van der Waals surface area contributed by atoms with Gasteiger partial charge < -0.3 is 9.84 Å². The second kappa shape index (κ2) is 4.31. The average Bonchev–Trinajstić information content (AvgIpc) is 2.96. The van der Waals surface area contributed by atoms with Crippen molar-refractivity contribution in [3.63, 3.8) is 0 Å². The molecule has 1 saturated heterocycles. The minimum atomic E-state index is 0.385. The quantitative estimate of drug-likeness (QED) is 0.849. The van der Waals surface area contributed by atoms with Gasteiger partial charge in [-0.3, -0.25) is 4.90 Å². The van der Waals surface area contributed by atoms with Crippen molar-refractivity contribution in [2.24, 2.45) is 0 Å². The van der Waals surface area contributed by atoms with E-state index in [1.165, 1.54) is 11.1 Å². The molecule has 1 aliphatic carbocycles. The summed E-state index contributed by atoms with van der Waals surface area (Å²) < 4.78 is 5.46. The monoisotopic (exact) mass is 233 g/mol. The molecule has 2 aliphatic rings. The molecule has 0 radical (unpaired) electrons. The Labute approximate surface area is 102 Å². The van der Waals surface area contributed by atoms with Crippen molar-refractivity contribution in [1.29, 1.82) is 0 Å². The highest BCUT2D eigenvalue weighted by atomic mass is 16.5. The van der Waals surface area contributed by atoms with Crippen LogP contribution in [0.25, 0.3) is 0 Å². The van der Waals surface area contributed by atoms with E-state index >= 15 is 0 Å².